The second-order valence-corrected chi connectivity index (χ2v) is 3.51. The van der Waals surface area contributed by atoms with Gasteiger partial charge in [-0.1, -0.05) is 0 Å². The van der Waals surface area contributed by atoms with E-state index in [1.54, 1.807) is 22.9 Å². The molecule has 1 heterocycles. The highest BCUT2D eigenvalue weighted by molar-refractivity contribution is 5.86. The van der Waals surface area contributed by atoms with Gasteiger partial charge in [0.2, 0.25) is 6.41 Å². The molecular weight excluding hydrogens is 206 g/mol. The summed E-state index contributed by atoms with van der Waals surface area (Å²) in [5, 5.41) is 10.3. The lowest BCUT2D eigenvalue weighted by Crippen LogP contribution is -2.10. The van der Waals surface area contributed by atoms with Gasteiger partial charge < -0.3 is 10.8 Å². The van der Waals surface area contributed by atoms with Gasteiger partial charge in [-0.2, -0.15) is 0 Å². The van der Waals surface area contributed by atoms with Crippen LogP contribution in [0.5, 0.6) is 5.75 Å². The fourth-order valence-corrected chi connectivity index (χ4v) is 1.80. The summed E-state index contributed by atoms with van der Waals surface area (Å²) < 4.78 is 1.62. The minimum Gasteiger partial charge on any atom is -0.508 e. The SMILES string of the molecule is NCCc1cn(NC=O)c2ccc(O)cc12. The number of phenols is 1. The first-order valence-electron chi connectivity index (χ1n) is 4.99. The van der Waals surface area contributed by atoms with Gasteiger partial charge in [-0.15, -0.1) is 0 Å². The molecule has 0 aliphatic carbocycles. The van der Waals surface area contributed by atoms with Crippen LogP contribution in [0.2, 0.25) is 0 Å². The van der Waals surface area contributed by atoms with Crippen LogP contribution in [-0.4, -0.2) is 22.7 Å². The largest absolute Gasteiger partial charge is 0.508 e. The molecule has 0 fully saturated rings. The van der Waals surface area contributed by atoms with E-state index >= 15 is 0 Å². The molecule has 0 unspecified atom stereocenters. The van der Waals surface area contributed by atoms with Crippen LogP contribution >= 0.6 is 0 Å². The maximum Gasteiger partial charge on any atom is 0.226 e. The van der Waals surface area contributed by atoms with Gasteiger partial charge in [0, 0.05) is 11.6 Å². The van der Waals surface area contributed by atoms with Crippen LogP contribution in [-0.2, 0) is 11.2 Å². The van der Waals surface area contributed by atoms with Crippen molar-refractivity contribution in [2.75, 3.05) is 12.0 Å². The highest BCUT2D eigenvalue weighted by Crippen LogP contribution is 2.24. The number of nitrogens with zero attached hydrogens (tertiary/aromatic N) is 1. The summed E-state index contributed by atoms with van der Waals surface area (Å²) in [5.41, 5.74) is 9.92. The molecule has 5 nitrogen and oxygen atoms in total. The number of carbonyl (C=O) groups excluding carboxylic acids is 1. The summed E-state index contributed by atoms with van der Waals surface area (Å²) in [4.78, 5) is 10.4. The maximum atomic E-state index is 10.4. The summed E-state index contributed by atoms with van der Waals surface area (Å²) in [7, 11) is 0. The topological polar surface area (TPSA) is 80.3 Å². The van der Waals surface area contributed by atoms with Crippen molar-refractivity contribution in [3.8, 4) is 5.75 Å². The molecule has 1 amide bonds. The summed E-state index contributed by atoms with van der Waals surface area (Å²) >= 11 is 0. The highest BCUT2D eigenvalue weighted by Gasteiger charge is 2.08. The first-order valence-corrected chi connectivity index (χ1v) is 4.99. The van der Waals surface area contributed by atoms with E-state index < -0.39 is 0 Å². The van der Waals surface area contributed by atoms with Crippen molar-refractivity contribution < 1.29 is 9.90 Å². The zero-order chi connectivity index (χ0) is 11.5. The Morgan fingerprint density at radius 3 is 3.00 bits per heavy atom. The van der Waals surface area contributed by atoms with Crippen molar-refractivity contribution in [2.24, 2.45) is 5.73 Å². The summed E-state index contributed by atoms with van der Waals surface area (Å²) in [5.74, 6) is 0.203. The van der Waals surface area contributed by atoms with Crippen molar-refractivity contribution in [1.82, 2.24) is 4.68 Å². The number of hydrogen-bond acceptors (Lipinski definition) is 3. The fraction of sp³-hybridized carbons (Fsp3) is 0.182. The lowest BCUT2D eigenvalue weighted by molar-refractivity contribution is -0.106. The number of benzene rings is 1. The lowest BCUT2D eigenvalue weighted by atomic mass is 10.1. The Bertz CT molecular complexity index is 519. The third-order valence-electron chi connectivity index (χ3n) is 2.48. The number of amides is 1. The standard InChI is InChI=1S/C11H13N3O2/c12-4-3-8-6-14(13-7-15)11-2-1-9(16)5-10(8)11/h1-2,5-7,16H,3-4,12H2,(H,13,15). The predicted molar refractivity (Wildman–Crippen MR) is 61.8 cm³/mol. The van der Waals surface area contributed by atoms with E-state index in [1.165, 1.54) is 0 Å². The number of nitrogens with two attached hydrogens (primary N) is 1. The number of rotatable bonds is 4. The Hall–Kier alpha value is -2.01. The van der Waals surface area contributed by atoms with E-state index in [-0.39, 0.29) is 5.75 Å². The quantitative estimate of drug-likeness (QED) is 0.657. The molecule has 0 saturated carbocycles. The Balaban J connectivity index is 2.61. The average Bonchev–Trinajstić information content (AvgIpc) is 2.58. The third kappa shape index (κ3) is 1.72. The molecule has 4 N–H and O–H groups in total. The van der Waals surface area contributed by atoms with Gasteiger partial charge in [0.25, 0.3) is 0 Å². The van der Waals surface area contributed by atoms with E-state index in [4.69, 9.17) is 5.73 Å². The van der Waals surface area contributed by atoms with Crippen molar-refractivity contribution in [3.63, 3.8) is 0 Å². The van der Waals surface area contributed by atoms with Crippen LogP contribution < -0.4 is 11.2 Å². The number of nitrogens with one attached hydrogen (secondary N) is 1. The van der Waals surface area contributed by atoms with Crippen molar-refractivity contribution in [3.05, 3.63) is 30.0 Å². The molecule has 16 heavy (non-hydrogen) atoms. The Kier molecular flexibility index (Phi) is 2.78. The number of carbonyl (C=O) groups is 1. The number of fused-ring (bicyclic) bond motifs is 1. The molecule has 5 heteroatoms. The summed E-state index contributed by atoms with van der Waals surface area (Å²) in [6.45, 7) is 0.524. The summed E-state index contributed by atoms with van der Waals surface area (Å²) in [6.07, 6.45) is 3.12. The Morgan fingerprint density at radius 2 is 2.31 bits per heavy atom. The normalized spacial score (nSPS) is 10.6. The van der Waals surface area contributed by atoms with E-state index in [1.807, 2.05) is 6.20 Å². The molecule has 0 radical (unpaired) electrons. The minimum absolute atomic E-state index is 0.203. The van der Waals surface area contributed by atoms with E-state index in [2.05, 4.69) is 5.43 Å². The molecule has 0 saturated heterocycles. The van der Waals surface area contributed by atoms with Gasteiger partial charge in [0.1, 0.15) is 5.75 Å². The molecule has 0 bridgehead atoms. The Morgan fingerprint density at radius 1 is 1.50 bits per heavy atom. The average molecular weight is 219 g/mol. The van der Waals surface area contributed by atoms with Crippen LogP contribution in [0.4, 0.5) is 0 Å². The van der Waals surface area contributed by atoms with Crippen LogP contribution in [0.3, 0.4) is 0 Å². The molecule has 2 rings (SSSR count). The van der Waals surface area contributed by atoms with Gasteiger partial charge in [0.05, 0.1) is 5.52 Å². The van der Waals surface area contributed by atoms with Crippen LogP contribution in [0.1, 0.15) is 5.56 Å². The van der Waals surface area contributed by atoms with Gasteiger partial charge in [-0.05, 0) is 36.7 Å². The molecule has 84 valence electrons. The molecule has 1 aromatic heterocycles. The Labute approximate surface area is 92.4 Å². The van der Waals surface area contributed by atoms with E-state index in [0.29, 0.717) is 19.4 Å². The van der Waals surface area contributed by atoms with Crippen LogP contribution in [0.15, 0.2) is 24.4 Å². The molecule has 2 aromatic rings. The molecule has 0 aliphatic rings. The summed E-state index contributed by atoms with van der Waals surface area (Å²) in [6, 6.07) is 5.00. The second kappa shape index (κ2) is 4.24. The van der Waals surface area contributed by atoms with Crippen molar-refractivity contribution in [1.29, 1.82) is 0 Å². The van der Waals surface area contributed by atoms with Crippen molar-refractivity contribution in [2.45, 2.75) is 6.42 Å². The molecule has 0 aliphatic heterocycles. The van der Waals surface area contributed by atoms with Gasteiger partial charge in [-0.3, -0.25) is 14.9 Å². The van der Waals surface area contributed by atoms with Crippen LogP contribution in [0.25, 0.3) is 10.9 Å². The number of aromatic hydroxyl groups is 1. The van der Waals surface area contributed by atoms with Crippen LogP contribution in [0, 0.1) is 0 Å². The lowest BCUT2D eigenvalue weighted by Gasteiger charge is -2.01. The third-order valence-corrected chi connectivity index (χ3v) is 2.48. The van der Waals surface area contributed by atoms with Gasteiger partial charge in [0.15, 0.2) is 0 Å². The molecule has 0 spiro atoms. The zero-order valence-electron chi connectivity index (χ0n) is 8.68. The fourth-order valence-electron chi connectivity index (χ4n) is 1.80. The zero-order valence-corrected chi connectivity index (χ0v) is 8.68. The number of aromatic nitrogens is 1. The number of phenolic OH excluding ortho intramolecular Hbond substituents is 1. The maximum absolute atomic E-state index is 10.4. The first kappa shape index (κ1) is 10.5. The molecular formula is C11H13N3O2. The molecule has 1 aromatic carbocycles. The second-order valence-electron chi connectivity index (χ2n) is 3.51. The van der Waals surface area contributed by atoms with E-state index in [9.17, 15) is 9.90 Å². The minimum atomic E-state index is 0.203. The monoisotopic (exact) mass is 219 g/mol. The van der Waals surface area contributed by atoms with E-state index in [0.717, 1.165) is 16.5 Å². The predicted octanol–water partition coefficient (Wildman–Crippen LogP) is 0.548. The highest BCUT2D eigenvalue weighted by atomic mass is 16.3. The van der Waals surface area contributed by atoms with Crippen molar-refractivity contribution >= 4 is 17.3 Å². The van der Waals surface area contributed by atoms with Gasteiger partial charge in [-0.25, -0.2) is 0 Å². The molecule has 0 atom stereocenters. The first-order chi connectivity index (χ1) is 7.76. The number of hydrogen-bond donors (Lipinski definition) is 3. The smallest absolute Gasteiger partial charge is 0.226 e. The van der Waals surface area contributed by atoms with Gasteiger partial charge >= 0.3 is 0 Å².